The average molecular weight is 285 g/mol. The Labute approximate surface area is 118 Å². The molecule has 114 valence electrons. The molecule has 7 nitrogen and oxygen atoms in total. The maximum atomic E-state index is 12.0. The summed E-state index contributed by atoms with van der Waals surface area (Å²) in [4.78, 5) is 37.9. The van der Waals surface area contributed by atoms with Crippen LogP contribution in [-0.2, 0) is 9.59 Å². The van der Waals surface area contributed by atoms with Crippen LogP contribution in [0.25, 0.3) is 0 Å². The Morgan fingerprint density at radius 2 is 2.05 bits per heavy atom. The maximum absolute atomic E-state index is 12.0. The van der Waals surface area contributed by atoms with E-state index in [4.69, 9.17) is 5.11 Å². The molecule has 0 aliphatic carbocycles. The number of nitrogens with one attached hydrogen (secondary N) is 1. The van der Waals surface area contributed by atoms with E-state index in [0.717, 1.165) is 6.42 Å². The van der Waals surface area contributed by atoms with Crippen LogP contribution in [0.2, 0.25) is 0 Å². The molecule has 1 aliphatic rings. The number of carbonyl (C=O) groups excluding carboxylic acids is 2. The number of hydrogen-bond acceptors (Lipinski definition) is 3. The van der Waals surface area contributed by atoms with Crippen molar-refractivity contribution in [3.05, 3.63) is 0 Å². The molecule has 1 heterocycles. The molecule has 3 amide bonds. The summed E-state index contributed by atoms with van der Waals surface area (Å²) >= 11 is 0. The third-order valence-electron chi connectivity index (χ3n) is 3.89. The van der Waals surface area contributed by atoms with Crippen LogP contribution in [0, 0.1) is 5.41 Å². The van der Waals surface area contributed by atoms with Crippen LogP contribution >= 0.6 is 0 Å². The number of nitrogens with zero attached hydrogens (tertiary/aromatic N) is 2. The van der Waals surface area contributed by atoms with Crippen LogP contribution in [0.5, 0.6) is 0 Å². The molecule has 1 saturated heterocycles. The number of aliphatic carboxylic acids is 1. The Balaban J connectivity index is 2.58. The highest BCUT2D eigenvalue weighted by Crippen LogP contribution is 2.20. The summed E-state index contributed by atoms with van der Waals surface area (Å²) in [5, 5.41) is 11.8. The van der Waals surface area contributed by atoms with Gasteiger partial charge in [0, 0.05) is 26.7 Å². The van der Waals surface area contributed by atoms with E-state index in [1.807, 2.05) is 0 Å². The molecule has 0 bridgehead atoms. The molecule has 0 radical (unpaired) electrons. The number of carbonyl (C=O) groups is 3. The molecule has 1 atom stereocenters. The number of likely N-dealkylation sites (N-methyl/N-ethyl adjacent to an activating group) is 1. The summed E-state index contributed by atoms with van der Waals surface area (Å²) in [6, 6.07) is -0.380. The SMILES string of the molecule is CCC(C)(CNC(=O)N1CCCN(C)C(=O)C1)C(=O)O. The quantitative estimate of drug-likeness (QED) is 0.780. The van der Waals surface area contributed by atoms with Crippen molar-refractivity contribution >= 4 is 17.9 Å². The van der Waals surface area contributed by atoms with E-state index in [2.05, 4.69) is 5.32 Å². The van der Waals surface area contributed by atoms with Gasteiger partial charge in [-0.15, -0.1) is 0 Å². The molecule has 1 fully saturated rings. The van der Waals surface area contributed by atoms with Gasteiger partial charge in [0.15, 0.2) is 0 Å². The molecule has 1 rings (SSSR count). The zero-order valence-electron chi connectivity index (χ0n) is 12.3. The van der Waals surface area contributed by atoms with Crippen molar-refractivity contribution in [3.8, 4) is 0 Å². The molecule has 0 aromatic rings. The molecule has 7 heteroatoms. The van der Waals surface area contributed by atoms with Crippen LogP contribution < -0.4 is 5.32 Å². The first-order chi connectivity index (χ1) is 9.30. The van der Waals surface area contributed by atoms with Gasteiger partial charge in [-0.2, -0.15) is 0 Å². The van der Waals surface area contributed by atoms with Gasteiger partial charge < -0.3 is 20.2 Å². The number of urea groups is 1. The first kappa shape index (κ1) is 16.3. The Bertz CT molecular complexity index is 399. The van der Waals surface area contributed by atoms with Crippen molar-refractivity contribution in [2.24, 2.45) is 5.41 Å². The number of carboxylic acid groups (broad SMARTS) is 1. The molecule has 0 aromatic heterocycles. The summed E-state index contributed by atoms with van der Waals surface area (Å²) in [7, 11) is 1.71. The van der Waals surface area contributed by atoms with Crippen LogP contribution in [0.4, 0.5) is 4.79 Å². The lowest BCUT2D eigenvalue weighted by atomic mass is 9.88. The van der Waals surface area contributed by atoms with E-state index in [9.17, 15) is 14.4 Å². The van der Waals surface area contributed by atoms with Gasteiger partial charge in [0.25, 0.3) is 0 Å². The molecule has 1 aliphatic heterocycles. The minimum Gasteiger partial charge on any atom is -0.481 e. The Kier molecular flexibility index (Phi) is 5.35. The maximum Gasteiger partial charge on any atom is 0.317 e. The standard InChI is InChI=1S/C13H23N3O4/c1-4-13(2,11(18)19)9-14-12(20)16-7-5-6-15(3)10(17)8-16/h4-9H2,1-3H3,(H,14,20)(H,18,19). The first-order valence-electron chi connectivity index (χ1n) is 6.80. The summed E-state index contributed by atoms with van der Waals surface area (Å²) < 4.78 is 0. The van der Waals surface area contributed by atoms with Gasteiger partial charge in [0.2, 0.25) is 5.91 Å². The highest BCUT2D eigenvalue weighted by molar-refractivity contribution is 5.84. The third-order valence-corrected chi connectivity index (χ3v) is 3.89. The lowest BCUT2D eigenvalue weighted by Crippen LogP contribution is -2.48. The second kappa shape index (κ2) is 6.58. The number of carboxylic acids is 1. The highest BCUT2D eigenvalue weighted by Gasteiger charge is 2.32. The van der Waals surface area contributed by atoms with E-state index >= 15 is 0 Å². The van der Waals surface area contributed by atoms with Crippen LogP contribution in [0.15, 0.2) is 0 Å². The zero-order chi connectivity index (χ0) is 15.3. The topological polar surface area (TPSA) is 90.0 Å². The fourth-order valence-corrected chi connectivity index (χ4v) is 1.89. The molecule has 1 unspecified atom stereocenters. The molecular weight excluding hydrogens is 262 g/mol. The Morgan fingerprint density at radius 1 is 1.40 bits per heavy atom. The van der Waals surface area contributed by atoms with Gasteiger partial charge in [0.05, 0.1) is 5.41 Å². The van der Waals surface area contributed by atoms with Crippen molar-refractivity contribution < 1.29 is 19.5 Å². The van der Waals surface area contributed by atoms with Gasteiger partial charge in [-0.05, 0) is 19.8 Å². The van der Waals surface area contributed by atoms with Gasteiger partial charge >= 0.3 is 12.0 Å². The van der Waals surface area contributed by atoms with Crippen molar-refractivity contribution in [2.45, 2.75) is 26.7 Å². The summed E-state index contributed by atoms with van der Waals surface area (Å²) in [5.41, 5.74) is -0.984. The monoisotopic (exact) mass is 285 g/mol. The lowest BCUT2D eigenvalue weighted by Gasteiger charge is -2.26. The number of rotatable bonds is 4. The van der Waals surface area contributed by atoms with Crippen LogP contribution in [-0.4, -0.2) is 66.0 Å². The predicted octanol–water partition coefficient (Wildman–Crippen LogP) is 0.361. The first-order valence-corrected chi connectivity index (χ1v) is 6.80. The van der Waals surface area contributed by atoms with E-state index < -0.39 is 11.4 Å². The van der Waals surface area contributed by atoms with Crippen LogP contribution in [0.3, 0.4) is 0 Å². The second-order valence-corrected chi connectivity index (χ2v) is 5.47. The normalized spacial score (nSPS) is 19.2. The van der Waals surface area contributed by atoms with Crippen molar-refractivity contribution in [1.82, 2.24) is 15.1 Å². The van der Waals surface area contributed by atoms with E-state index in [0.29, 0.717) is 19.5 Å². The van der Waals surface area contributed by atoms with Crippen LogP contribution in [0.1, 0.15) is 26.7 Å². The summed E-state index contributed by atoms with van der Waals surface area (Å²) in [6.07, 6.45) is 1.14. The average Bonchev–Trinajstić information content (AvgIpc) is 2.58. The van der Waals surface area contributed by atoms with Gasteiger partial charge in [-0.1, -0.05) is 6.92 Å². The summed E-state index contributed by atoms with van der Waals surface area (Å²) in [5.74, 6) is -1.04. The van der Waals surface area contributed by atoms with Crippen molar-refractivity contribution in [3.63, 3.8) is 0 Å². The fraction of sp³-hybridized carbons (Fsp3) is 0.769. The number of hydrogen-bond donors (Lipinski definition) is 2. The molecule has 0 saturated carbocycles. The highest BCUT2D eigenvalue weighted by atomic mass is 16.4. The zero-order valence-corrected chi connectivity index (χ0v) is 12.3. The van der Waals surface area contributed by atoms with Gasteiger partial charge in [0.1, 0.15) is 6.54 Å². The minimum atomic E-state index is -0.984. The lowest BCUT2D eigenvalue weighted by molar-refractivity contribution is -0.147. The molecule has 2 N–H and O–H groups in total. The van der Waals surface area contributed by atoms with Gasteiger partial charge in [-0.3, -0.25) is 9.59 Å². The predicted molar refractivity (Wildman–Crippen MR) is 73.3 cm³/mol. The Morgan fingerprint density at radius 3 is 2.60 bits per heavy atom. The minimum absolute atomic E-state index is 0.0399. The third kappa shape index (κ3) is 3.85. The summed E-state index contributed by atoms with van der Waals surface area (Å²) in [6.45, 7) is 4.58. The smallest absolute Gasteiger partial charge is 0.317 e. The molecule has 0 aromatic carbocycles. The van der Waals surface area contributed by atoms with Crippen molar-refractivity contribution in [2.75, 3.05) is 33.2 Å². The number of amides is 3. The molecule has 0 spiro atoms. The van der Waals surface area contributed by atoms with E-state index in [1.54, 1.807) is 25.8 Å². The fourth-order valence-electron chi connectivity index (χ4n) is 1.89. The van der Waals surface area contributed by atoms with E-state index in [-0.39, 0.29) is 25.0 Å². The Hall–Kier alpha value is -1.79. The molecular formula is C13H23N3O4. The largest absolute Gasteiger partial charge is 0.481 e. The molecule has 20 heavy (non-hydrogen) atoms. The van der Waals surface area contributed by atoms with E-state index in [1.165, 1.54) is 4.90 Å². The second-order valence-electron chi connectivity index (χ2n) is 5.47. The van der Waals surface area contributed by atoms with Gasteiger partial charge in [-0.25, -0.2) is 4.79 Å². The van der Waals surface area contributed by atoms with Crippen molar-refractivity contribution in [1.29, 1.82) is 0 Å².